The van der Waals surface area contributed by atoms with E-state index in [0.717, 1.165) is 24.2 Å². The van der Waals surface area contributed by atoms with E-state index in [4.69, 9.17) is 14.2 Å². The molecule has 172 valence electrons. The van der Waals surface area contributed by atoms with Crippen LogP contribution in [0.15, 0.2) is 42.5 Å². The second-order valence-corrected chi connectivity index (χ2v) is 8.34. The van der Waals surface area contributed by atoms with Gasteiger partial charge < -0.3 is 24.6 Å². The Bertz CT molecular complexity index is 932. The summed E-state index contributed by atoms with van der Waals surface area (Å²) in [6, 6.07) is 12.6. The second-order valence-electron chi connectivity index (χ2n) is 8.34. The van der Waals surface area contributed by atoms with Crippen LogP contribution in [0.4, 0.5) is 0 Å². The zero-order valence-electron chi connectivity index (χ0n) is 18.8. The van der Waals surface area contributed by atoms with E-state index in [-0.39, 0.29) is 0 Å². The number of nitrogens with one attached hydrogen (secondary N) is 1. The van der Waals surface area contributed by atoms with Gasteiger partial charge in [-0.15, -0.1) is 0 Å². The van der Waals surface area contributed by atoms with E-state index in [2.05, 4.69) is 12.2 Å². The smallest absolute Gasteiger partial charge is 0.329 e. The summed E-state index contributed by atoms with van der Waals surface area (Å²) in [6.07, 6.45) is 3.07. The molecule has 0 heterocycles. The third-order valence-electron chi connectivity index (χ3n) is 6.12. The summed E-state index contributed by atoms with van der Waals surface area (Å²) >= 11 is 0. The van der Waals surface area contributed by atoms with E-state index >= 15 is 0 Å². The summed E-state index contributed by atoms with van der Waals surface area (Å²) in [4.78, 5) is 24.9. The Labute approximate surface area is 188 Å². The number of carbonyl (C=O) groups is 2. The Morgan fingerprint density at radius 2 is 1.72 bits per heavy atom. The molecule has 2 aromatic carbocycles. The molecule has 32 heavy (non-hydrogen) atoms. The number of hydrogen-bond acceptors (Lipinski definition) is 5. The Morgan fingerprint density at radius 3 is 2.31 bits per heavy atom. The van der Waals surface area contributed by atoms with E-state index in [0.29, 0.717) is 48.8 Å². The third kappa shape index (κ3) is 5.52. The van der Waals surface area contributed by atoms with Gasteiger partial charge in [-0.1, -0.05) is 19.1 Å². The molecule has 0 bridgehead atoms. The predicted octanol–water partition coefficient (Wildman–Crippen LogP) is 4.09. The minimum atomic E-state index is -1.22. The number of benzene rings is 2. The van der Waals surface area contributed by atoms with Gasteiger partial charge in [0.2, 0.25) is 0 Å². The highest BCUT2D eigenvalue weighted by atomic mass is 16.5. The van der Waals surface area contributed by atoms with Crippen molar-refractivity contribution >= 4 is 11.9 Å². The maximum absolute atomic E-state index is 12.9. The first-order chi connectivity index (χ1) is 15.4. The molecular weight excluding hydrogens is 410 g/mol. The van der Waals surface area contributed by atoms with Crippen LogP contribution in [0.2, 0.25) is 0 Å². The fourth-order valence-electron chi connectivity index (χ4n) is 3.94. The van der Waals surface area contributed by atoms with Gasteiger partial charge in [0.05, 0.1) is 20.8 Å². The normalized spacial score (nSPS) is 20.3. The first kappa shape index (κ1) is 23.4. The summed E-state index contributed by atoms with van der Waals surface area (Å²) in [5.41, 5.74) is 0.205. The van der Waals surface area contributed by atoms with Crippen LogP contribution < -0.4 is 19.5 Å². The van der Waals surface area contributed by atoms with Gasteiger partial charge in [0.15, 0.2) is 11.5 Å². The number of carboxylic acids is 1. The molecule has 0 aliphatic heterocycles. The molecule has 0 unspecified atom stereocenters. The predicted molar refractivity (Wildman–Crippen MR) is 121 cm³/mol. The van der Waals surface area contributed by atoms with E-state index in [1.165, 1.54) is 7.11 Å². The highest BCUT2D eigenvalue weighted by molar-refractivity contribution is 5.98. The Hall–Kier alpha value is -3.22. The molecule has 0 spiro atoms. The summed E-state index contributed by atoms with van der Waals surface area (Å²) in [5, 5.41) is 12.6. The van der Waals surface area contributed by atoms with Crippen LogP contribution in [0.1, 0.15) is 48.5 Å². The average molecular weight is 442 g/mol. The number of methoxy groups -OCH3 is 2. The standard InChI is InChI=1S/C25H31NO6/c1-17-10-13-25(14-11-17,24(28)29)26-23(27)19-6-9-21(31-3)22(16-19)32-15-12-18-4-7-20(30-2)8-5-18/h4-9,16-17H,10-15H2,1-3H3,(H,26,27)(H,28,29)/t17-,25-. The quantitative estimate of drug-likeness (QED) is 0.609. The van der Waals surface area contributed by atoms with Crippen LogP contribution in [-0.2, 0) is 11.2 Å². The van der Waals surface area contributed by atoms with Crippen molar-refractivity contribution in [1.29, 1.82) is 0 Å². The number of hydrogen-bond donors (Lipinski definition) is 2. The molecule has 2 N–H and O–H groups in total. The van der Waals surface area contributed by atoms with Crippen LogP contribution in [0.5, 0.6) is 17.2 Å². The summed E-state index contributed by atoms with van der Waals surface area (Å²) in [6.45, 7) is 2.50. The highest BCUT2D eigenvalue weighted by Crippen LogP contribution is 2.33. The summed E-state index contributed by atoms with van der Waals surface area (Å²) in [5.74, 6) is 0.797. The van der Waals surface area contributed by atoms with Crippen molar-refractivity contribution in [2.75, 3.05) is 20.8 Å². The third-order valence-corrected chi connectivity index (χ3v) is 6.12. The van der Waals surface area contributed by atoms with Crippen molar-refractivity contribution in [3.8, 4) is 17.2 Å². The largest absolute Gasteiger partial charge is 0.497 e. The van der Waals surface area contributed by atoms with Gasteiger partial charge in [-0.25, -0.2) is 4.79 Å². The van der Waals surface area contributed by atoms with E-state index in [1.807, 2.05) is 24.3 Å². The van der Waals surface area contributed by atoms with E-state index < -0.39 is 17.4 Å². The molecule has 7 nitrogen and oxygen atoms in total. The van der Waals surface area contributed by atoms with Gasteiger partial charge in [0.25, 0.3) is 5.91 Å². The summed E-state index contributed by atoms with van der Waals surface area (Å²) < 4.78 is 16.4. The van der Waals surface area contributed by atoms with Gasteiger partial charge in [0, 0.05) is 12.0 Å². The summed E-state index contributed by atoms with van der Waals surface area (Å²) in [7, 11) is 3.16. The van der Waals surface area contributed by atoms with Gasteiger partial charge in [0.1, 0.15) is 11.3 Å². The molecule has 0 radical (unpaired) electrons. The van der Waals surface area contributed by atoms with Gasteiger partial charge in [-0.3, -0.25) is 4.79 Å². The van der Waals surface area contributed by atoms with Crippen molar-refractivity contribution in [2.24, 2.45) is 5.92 Å². The first-order valence-electron chi connectivity index (χ1n) is 10.9. The topological polar surface area (TPSA) is 94.1 Å². The Morgan fingerprint density at radius 1 is 1.03 bits per heavy atom. The average Bonchev–Trinajstić information content (AvgIpc) is 2.81. The van der Waals surface area contributed by atoms with E-state index in [1.54, 1.807) is 25.3 Å². The van der Waals surface area contributed by atoms with Crippen LogP contribution in [0.25, 0.3) is 0 Å². The Balaban J connectivity index is 1.68. The maximum Gasteiger partial charge on any atom is 0.329 e. The minimum Gasteiger partial charge on any atom is -0.497 e. The lowest BCUT2D eigenvalue weighted by Crippen LogP contribution is -2.56. The van der Waals surface area contributed by atoms with Crippen molar-refractivity contribution in [3.05, 3.63) is 53.6 Å². The number of rotatable bonds is 9. The number of carboxylic acid groups (broad SMARTS) is 1. The van der Waals surface area contributed by atoms with Crippen LogP contribution in [-0.4, -0.2) is 43.3 Å². The number of ether oxygens (including phenoxy) is 3. The van der Waals surface area contributed by atoms with Crippen LogP contribution >= 0.6 is 0 Å². The lowest BCUT2D eigenvalue weighted by Gasteiger charge is -2.36. The molecule has 1 aliphatic carbocycles. The monoisotopic (exact) mass is 441 g/mol. The maximum atomic E-state index is 12.9. The zero-order valence-corrected chi connectivity index (χ0v) is 18.8. The molecular formula is C25H31NO6. The Kier molecular flexibility index (Phi) is 7.62. The van der Waals surface area contributed by atoms with Gasteiger partial charge in [-0.05, 0) is 67.5 Å². The van der Waals surface area contributed by atoms with Crippen molar-refractivity contribution in [3.63, 3.8) is 0 Å². The first-order valence-corrected chi connectivity index (χ1v) is 10.9. The van der Waals surface area contributed by atoms with Crippen molar-refractivity contribution < 1.29 is 28.9 Å². The second kappa shape index (κ2) is 10.4. The van der Waals surface area contributed by atoms with Gasteiger partial charge in [-0.2, -0.15) is 0 Å². The fraction of sp³-hybridized carbons (Fsp3) is 0.440. The molecule has 1 fully saturated rings. The molecule has 1 amide bonds. The van der Waals surface area contributed by atoms with Crippen molar-refractivity contribution in [1.82, 2.24) is 5.32 Å². The molecule has 0 atom stereocenters. The zero-order chi connectivity index (χ0) is 23.1. The number of aliphatic carboxylic acids is 1. The number of carbonyl (C=O) groups excluding carboxylic acids is 1. The highest BCUT2D eigenvalue weighted by Gasteiger charge is 2.42. The molecule has 3 rings (SSSR count). The van der Waals surface area contributed by atoms with E-state index in [9.17, 15) is 14.7 Å². The molecule has 1 saturated carbocycles. The number of amides is 1. The molecule has 1 aliphatic rings. The van der Waals surface area contributed by atoms with Crippen LogP contribution in [0.3, 0.4) is 0 Å². The molecule has 7 heteroatoms. The van der Waals surface area contributed by atoms with Gasteiger partial charge >= 0.3 is 5.97 Å². The fourth-order valence-corrected chi connectivity index (χ4v) is 3.94. The lowest BCUT2D eigenvalue weighted by atomic mass is 9.77. The molecule has 0 saturated heterocycles. The minimum absolute atomic E-state index is 0.337. The lowest BCUT2D eigenvalue weighted by molar-refractivity contribution is -0.146. The van der Waals surface area contributed by atoms with Crippen molar-refractivity contribution in [2.45, 2.75) is 44.6 Å². The van der Waals surface area contributed by atoms with Crippen LogP contribution in [0, 0.1) is 5.92 Å². The SMILES string of the molecule is COc1ccc(CCOc2cc(C(=O)N[C@]3(C(=O)O)CC[C@@H](C)CC3)ccc2OC)cc1. The molecule has 0 aromatic heterocycles. The molecule has 2 aromatic rings.